The molecule has 2 aliphatic heterocycles. The van der Waals surface area contributed by atoms with Crippen molar-refractivity contribution in [1.82, 2.24) is 15.1 Å². The SMILES string of the molecule is O=C(CN1CCN(CC2C=C3OCOC3=CC2)CC1)NC12CC3CC4CC(C1)C4(C3)C2. The van der Waals surface area contributed by atoms with Gasteiger partial charge >= 0.3 is 0 Å². The molecule has 6 heteroatoms. The molecule has 1 spiro atoms. The highest BCUT2D eigenvalue weighted by atomic mass is 16.7. The molecule has 1 amide bonds. The average molecular weight is 426 g/mol. The Labute approximate surface area is 185 Å². The molecule has 6 fully saturated rings. The van der Waals surface area contributed by atoms with E-state index >= 15 is 0 Å². The number of ether oxygens (including phenoxy) is 2. The lowest BCUT2D eigenvalue weighted by Crippen LogP contribution is -2.55. The summed E-state index contributed by atoms with van der Waals surface area (Å²) in [4.78, 5) is 17.9. The molecule has 4 saturated carbocycles. The molecular weight excluding hydrogens is 390 g/mol. The minimum absolute atomic E-state index is 0.143. The smallest absolute Gasteiger partial charge is 0.234 e. The maximum atomic E-state index is 13.0. The Balaban J connectivity index is 0.899. The van der Waals surface area contributed by atoms with Gasteiger partial charge in [-0.2, -0.15) is 0 Å². The largest absolute Gasteiger partial charge is 0.454 e. The monoisotopic (exact) mass is 425 g/mol. The molecule has 0 aromatic heterocycles. The maximum absolute atomic E-state index is 13.0. The number of carbonyl (C=O) groups excluding carboxylic acids is 1. The zero-order chi connectivity index (χ0) is 20.6. The Morgan fingerprint density at radius 3 is 2.77 bits per heavy atom. The van der Waals surface area contributed by atoms with Crippen LogP contribution in [-0.2, 0) is 14.3 Å². The molecule has 168 valence electrons. The van der Waals surface area contributed by atoms with Crippen molar-refractivity contribution in [3.63, 3.8) is 0 Å². The van der Waals surface area contributed by atoms with Crippen LogP contribution in [0.1, 0.15) is 44.9 Å². The van der Waals surface area contributed by atoms with E-state index in [1.807, 2.05) is 0 Å². The van der Waals surface area contributed by atoms with Crippen molar-refractivity contribution in [1.29, 1.82) is 0 Å². The fourth-order valence-corrected chi connectivity index (χ4v) is 8.76. The first kappa shape index (κ1) is 19.0. The van der Waals surface area contributed by atoms with Crippen molar-refractivity contribution in [2.45, 2.75) is 50.5 Å². The molecule has 0 aromatic carbocycles. The number of amides is 1. The van der Waals surface area contributed by atoms with Gasteiger partial charge in [0.15, 0.2) is 11.5 Å². The van der Waals surface area contributed by atoms with E-state index in [9.17, 15) is 4.79 Å². The van der Waals surface area contributed by atoms with Crippen LogP contribution >= 0.6 is 0 Å². The highest BCUT2D eigenvalue weighted by molar-refractivity contribution is 5.79. The molecule has 6 nitrogen and oxygen atoms in total. The number of allylic oxidation sites excluding steroid dienone is 1. The van der Waals surface area contributed by atoms with Crippen LogP contribution in [0.25, 0.3) is 0 Å². The van der Waals surface area contributed by atoms with Crippen LogP contribution in [-0.4, -0.2) is 67.3 Å². The normalized spacial score (nSPS) is 45.2. The second kappa shape index (κ2) is 6.74. The summed E-state index contributed by atoms with van der Waals surface area (Å²) in [5, 5.41) is 3.59. The summed E-state index contributed by atoms with van der Waals surface area (Å²) in [6.07, 6.45) is 13.6. The van der Waals surface area contributed by atoms with E-state index in [-0.39, 0.29) is 11.4 Å². The van der Waals surface area contributed by atoms with Crippen LogP contribution in [0.4, 0.5) is 0 Å². The van der Waals surface area contributed by atoms with Crippen LogP contribution in [0, 0.1) is 29.1 Å². The van der Waals surface area contributed by atoms with Gasteiger partial charge in [0.05, 0.1) is 6.54 Å². The van der Waals surface area contributed by atoms with Crippen molar-refractivity contribution in [3.8, 4) is 0 Å². The van der Waals surface area contributed by atoms with E-state index < -0.39 is 0 Å². The molecule has 31 heavy (non-hydrogen) atoms. The molecule has 2 heterocycles. The third-order valence-corrected chi connectivity index (χ3v) is 9.86. The molecule has 0 radical (unpaired) electrons. The van der Waals surface area contributed by atoms with Crippen molar-refractivity contribution in [2.24, 2.45) is 29.1 Å². The first-order chi connectivity index (χ1) is 15.1. The van der Waals surface area contributed by atoms with E-state index in [0.717, 1.165) is 68.4 Å². The Kier molecular flexibility index (Phi) is 4.13. The Bertz CT molecular complexity index is 843. The molecule has 7 aliphatic rings. The van der Waals surface area contributed by atoms with Gasteiger partial charge in [-0.1, -0.05) is 0 Å². The summed E-state index contributed by atoms with van der Waals surface area (Å²) < 4.78 is 11.0. The van der Waals surface area contributed by atoms with Crippen LogP contribution in [0.2, 0.25) is 0 Å². The molecule has 6 unspecified atom stereocenters. The van der Waals surface area contributed by atoms with Gasteiger partial charge in [-0.25, -0.2) is 0 Å². The maximum Gasteiger partial charge on any atom is 0.234 e. The summed E-state index contributed by atoms with van der Waals surface area (Å²) >= 11 is 0. The van der Waals surface area contributed by atoms with Gasteiger partial charge < -0.3 is 19.7 Å². The van der Waals surface area contributed by atoms with Crippen LogP contribution in [0.5, 0.6) is 0 Å². The molecule has 1 N–H and O–H groups in total. The quantitative estimate of drug-likeness (QED) is 0.734. The van der Waals surface area contributed by atoms with E-state index in [1.165, 1.54) is 38.5 Å². The van der Waals surface area contributed by atoms with Crippen LogP contribution in [0.15, 0.2) is 23.7 Å². The van der Waals surface area contributed by atoms with Crippen LogP contribution < -0.4 is 5.32 Å². The number of carbonyl (C=O) groups is 1. The predicted molar refractivity (Wildman–Crippen MR) is 116 cm³/mol. The average Bonchev–Trinajstić information content (AvgIpc) is 3.33. The fourth-order valence-electron chi connectivity index (χ4n) is 8.76. The third-order valence-electron chi connectivity index (χ3n) is 9.86. The number of nitrogens with one attached hydrogen (secondary N) is 1. The number of rotatable bonds is 5. The highest BCUT2D eigenvalue weighted by Gasteiger charge is 2.71. The van der Waals surface area contributed by atoms with E-state index in [4.69, 9.17) is 9.47 Å². The number of piperazine rings is 1. The number of nitrogens with zero attached hydrogens (tertiary/aromatic N) is 2. The number of hydrogen-bond acceptors (Lipinski definition) is 5. The highest BCUT2D eigenvalue weighted by Crippen LogP contribution is 2.76. The molecular formula is C25H35N3O3. The molecule has 6 atom stereocenters. The molecule has 3 bridgehead atoms. The third kappa shape index (κ3) is 3.01. The van der Waals surface area contributed by atoms with E-state index in [2.05, 4.69) is 27.3 Å². The molecule has 5 aliphatic carbocycles. The van der Waals surface area contributed by atoms with Gasteiger partial charge in [0.1, 0.15) is 0 Å². The van der Waals surface area contributed by atoms with Crippen molar-refractivity contribution in [3.05, 3.63) is 23.7 Å². The summed E-state index contributed by atoms with van der Waals surface area (Å²) in [5.74, 6) is 5.41. The molecule has 7 rings (SSSR count). The van der Waals surface area contributed by atoms with E-state index in [0.29, 0.717) is 24.7 Å². The Hall–Kier alpha value is -1.53. The second-order valence-corrected chi connectivity index (χ2v) is 11.7. The first-order valence-electron chi connectivity index (χ1n) is 12.5. The minimum Gasteiger partial charge on any atom is -0.454 e. The van der Waals surface area contributed by atoms with Crippen LogP contribution in [0.3, 0.4) is 0 Å². The zero-order valence-corrected chi connectivity index (χ0v) is 18.5. The van der Waals surface area contributed by atoms with Gasteiger partial charge in [-0.3, -0.25) is 9.69 Å². The van der Waals surface area contributed by atoms with Crippen molar-refractivity contribution < 1.29 is 14.3 Å². The first-order valence-corrected chi connectivity index (χ1v) is 12.5. The number of hydrogen-bond donors (Lipinski definition) is 1. The topological polar surface area (TPSA) is 54.0 Å². The van der Waals surface area contributed by atoms with Gasteiger partial charge in [-0.05, 0) is 86.2 Å². The lowest BCUT2D eigenvalue weighted by molar-refractivity contribution is -0.125. The van der Waals surface area contributed by atoms with Gasteiger partial charge in [0.25, 0.3) is 0 Å². The summed E-state index contributed by atoms with van der Waals surface area (Å²) in [6.45, 7) is 6.05. The Morgan fingerprint density at radius 2 is 1.87 bits per heavy atom. The molecule has 2 saturated heterocycles. The van der Waals surface area contributed by atoms with Gasteiger partial charge in [0, 0.05) is 38.3 Å². The second-order valence-electron chi connectivity index (χ2n) is 11.7. The lowest BCUT2D eigenvalue weighted by Gasteiger charge is -2.49. The Morgan fingerprint density at radius 1 is 1.03 bits per heavy atom. The summed E-state index contributed by atoms with van der Waals surface area (Å²) in [7, 11) is 0. The summed E-state index contributed by atoms with van der Waals surface area (Å²) in [6, 6.07) is 0. The van der Waals surface area contributed by atoms with Gasteiger partial charge in [0.2, 0.25) is 12.7 Å². The van der Waals surface area contributed by atoms with Gasteiger partial charge in [-0.15, -0.1) is 0 Å². The zero-order valence-electron chi connectivity index (χ0n) is 18.5. The fraction of sp³-hybridized carbons (Fsp3) is 0.800. The molecule has 0 aromatic rings. The van der Waals surface area contributed by atoms with E-state index in [1.54, 1.807) is 0 Å². The number of fused-ring (bicyclic) bond motifs is 3. The van der Waals surface area contributed by atoms with Crippen molar-refractivity contribution in [2.75, 3.05) is 46.1 Å². The minimum atomic E-state index is 0.143. The predicted octanol–water partition coefficient (Wildman–Crippen LogP) is 2.48. The standard InChI is InChI=1S/C25H35N3O3/c29-23(26-24-10-18-7-19-9-20(12-24)25(19,11-18)15-24)14-28-5-3-27(4-6-28)13-17-1-2-21-22(8-17)31-16-30-21/h2,8,17-20H,1,3-7,9-16H2,(H,26,29). The summed E-state index contributed by atoms with van der Waals surface area (Å²) in [5.41, 5.74) is 0.784. The van der Waals surface area contributed by atoms with Crippen molar-refractivity contribution >= 4 is 5.91 Å². The lowest BCUT2D eigenvalue weighted by atomic mass is 9.56.